The molecule has 1 unspecified atom stereocenters. The van der Waals surface area contributed by atoms with Crippen LogP contribution >= 0.6 is 0 Å². The van der Waals surface area contributed by atoms with Crippen molar-refractivity contribution < 1.29 is 9.90 Å². The second kappa shape index (κ2) is 16.7. The topological polar surface area (TPSA) is 37.3 Å². The van der Waals surface area contributed by atoms with Gasteiger partial charge in [0.2, 0.25) is 6.29 Å². The third-order valence-corrected chi connectivity index (χ3v) is 3.96. The molecule has 119 valence electrons. The van der Waals surface area contributed by atoms with E-state index in [0.717, 1.165) is 12.8 Å². The summed E-state index contributed by atoms with van der Waals surface area (Å²) in [5.41, 5.74) is 0. The van der Waals surface area contributed by atoms with Crippen LogP contribution in [0.25, 0.3) is 0 Å². The quantitative estimate of drug-likeness (QED) is 0.389. The Hall–Kier alpha value is -0.370. The fraction of sp³-hybridized carbons (Fsp3) is 0.944. The summed E-state index contributed by atoms with van der Waals surface area (Å²) in [5, 5.41) is 9.36. The van der Waals surface area contributed by atoms with Crippen LogP contribution in [0.1, 0.15) is 103 Å². The summed E-state index contributed by atoms with van der Waals surface area (Å²) in [6.07, 6.45) is 19.6. The molecule has 0 saturated heterocycles. The maximum absolute atomic E-state index is 10.1. The lowest BCUT2D eigenvalue weighted by Crippen LogP contribution is -2.06. The SMILES string of the molecule is CCCCCCCCCCCCCCCC(O)C[C]=O. The van der Waals surface area contributed by atoms with E-state index in [9.17, 15) is 9.90 Å². The maximum Gasteiger partial charge on any atom is 0.201 e. The van der Waals surface area contributed by atoms with E-state index in [0.29, 0.717) is 0 Å². The highest BCUT2D eigenvalue weighted by Gasteiger charge is 2.02. The van der Waals surface area contributed by atoms with Gasteiger partial charge in [-0.3, -0.25) is 4.79 Å². The van der Waals surface area contributed by atoms with Crippen LogP contribution in [-0.2, 0) is 4.79 Å². The number of unbranched alkanes of at least 4 members (excludes halogenated alkanes) is 12. The molecule has 0 aromatic carbocycles. The molecule has 2 heteroatoms. The molecule has 0 aliphatic heterocycles. The van der Waals surface area contributed by atoms with Gasteiger partial charge in [-0.05, 0) is 6.42 Å². The van der Waals surface area contributed by atoms with Crippen molar-refractivity contribution in [3.63, 3.8) is 0 Å². The minimum Gasteiger partial charge on any atom is -0.393 e. The fourth-order valence-electron chi connectivity index (χ4n) is 2.60. The zero-order valence-electron chi connectivity index (χ0n) is 13.5. The zero-order valence-corrected chi connectivity index (χ0v) is 13.5. The Bertz CT molecular complexity index is 192. The highest BCUT2D eigenvalue weighted by molar-refractivity contribution is 5.51. The van der Waals surface area contributed by atoms with E-state index in [1.54, 1.807) is 6.29 Å². The summed E-state index contributed by atoms with van der Waals surface area (Å²) in [4.78, 5) is 10.1. The number of hydrogen-bond donors (Lipinski definition) is 1. The Balaban J connectivity index is 3.01. The van der Waals surface area contributed by atoms with Crippen molar-refractivity contribution in [3.8, 4) is 0 Å². The van der Waals surface area contributed by atoms with Crippen LogP contribution in [-0.4, -0.2) is 17.5 Å². The first-order valence-electron chi connectivity index (χ1n) is 8.84. The minimum atomic E-state index is -0.458. The van der Waals surface area contributed by atoms with Crippen LogP contribution in [0.5, 0.6) is 0 Å². The Kier molecular flexibility index (Phi) is 16.4. The minimum absolute atomic E-state index is 0.179. The standard InChI is InChI=1S/C18H35O2/c1-2-3-4-5-6-7-8-9-10-11-12-13-14-15-18(20)16-17-19/h18,20H,2-16H2,1H3. The Morgan fingerprint density at radius 2 is 1.15 bits per heavy atom. The Labute approximate surface area is 126 Å². The lowest BCUT2D eigenvalue weighted by Gasteiger charge is -2.06. The maximum atomic E-state index is 10.1. The van der Waals surface area contributed by atoms with Gasteiger partial charge in [-0.15, -0.1) is 0 Å². The molecule has 0 spiro atoms. The van der Waals surface area contributed by atoms with Crippen LogP contribution in [0.15, 0.2) is 0 Å². The predicted octanol–water partition coefficient (Wildman–Crippen LogP) is 5.33. The summed E-state index contributed by atoms with van der Waals surface area (Å²) in [7, 11) is 0. The fourth-order valence-corrected chi connectivity index (χ4v) is 2.60. The second-order valence-electron chi connectivity index (χ2n) is 6.03. The van der Waals surface area contributed by atoms with Gasteiger partial charge < -0.3 is 5.11 Å². The molecule has 0 aromatic rings. The molecular weight excluding hydrogens is 248 g/mol. The number of hydrogen-bond acceptors (Lipinski definition) is 2. The first-order chi connectivity index (χ1) is 9.81. The summed E-state index contributed by atoms with van der Waals surface area (Å²) in [6, 6.07) is 0. The van der Waals surface area contributed by atoms with E-state index in [1.807, 2.05) is 0 Å². The van der Waals surface area contributed by atoms with E-state index in [1.165, 1.54) is 77.0 Å². The molecular formula is C18H35O2. The third kappa shape index (κ3) is 15.7. The molecule has 1 N–H and O–H groups in total. The van der Waals surface area contributed by atoms with Crippen molar-refractivity contribution in [1.82, 2.24) is 0 Å². The van der Waals surface area contributed by atoms with Crippen LogP contribution in [0.2, 0.25) is 0 Å². The van der Waals surface area contributed by atoms with E-state index in [-0.39, 0.29) is 6.42 Å². The van der Waals surface area contributed by atoms with Gasteiger partial charge in [0.25, 0.3) is 0 Å². The molecule has 0 aromatic heterocycles. The van der Waals surface area contributed by atoms with Crippen LogP contribution < -0.4 is 0 Å². The van der Waals surface area contributed by atoms with Crippen molar-refractivity contribution >= 4 is 6.29 Å². The Morgan fingerprint density at radius 1 is 0.750 bits per heavy atom. The van der Waals surface area contributed by atoms with E-state index in [2.05, 4.69) is 6.92 Å². The molecule has 0 heterocycles. The average molecular weight is 283 g/mol. The molecule has 1 atom stereocenters. The van der Waals surface area contributed by atoms with Gasteiger partial charge in [-0.2, -0.15) is 0 Å². The number of aliphatic hydroxyl groups excluding tert-OH is 1. The normalized spacial score (nSPS) is 12.5. The van der Waals surface area contributed by atoms with Crippen molar-refractivity contribution in [2.75, 3.05) is 0 Å². The molecule has 0 amide bonds. The summed E-state index contributed by atoms with van der Waals surface area (Å²) in [5.74, 6) is 0. The van der Waals surface area contributed by atoms with Crippen LogP contribution in [0, 0.1) is 0 Å². The first kappa shape index (κ1) is 19.6. The molecule has 1 radical (unpaired) electrons. The van der Waals surface area contributed by atoms with Gasteiger partial charge in [0, 0.05) is 6.42 Å². The summed E-state index contributed by atoms with van der Waals surface area (Å²) in [6.45, 7) is 2.27. The zero-order chi connectivity index (χ0) is 14.9. The summed E-state index contributed by atoms with van der Waals surface area (Å²) >= 11 is 0. The van der Waals surface area contributed by atoms with Crippen molar-refractivity contribution in [1.29, 1.82) is 0 Å². The average Bonchev–Trinajstić information content (AvgIpc) is 2.44. The monoisotopic (exact) mass is 283 g/mol. The molecule has 0 saturated carbocycles. The van der Waals surface area contributed by atoms with Crippen molar-refractivity contribution in [2.24, 2.45) is 0 Å². The molecule has 0 rings (SSSR count). The second-order valence-corrected chi connectivity index (χ2v) is 6.03. The highest BCUT2D eigenvalue weighted by atomic mass is 16.3. The summed E-state index contributed by atoms with van der Waals surface area (Å²) < 4.78 is 0. The third-order valence-electron chi connectivity index (χ3n) is 3.96. The van der Waals surface area contributed by atoms with Crippen molar-refractivity contribution in [3.05, 3.63) is 0 Å². The van der Waals surface area contributed by atoms with Gasteiger partial charge in [-0.25, -0.2) is 0 Å². The van der Waals surface area contributed by atoms with E-state index >= 15 is 0 Å². The van der Waals surface area contributed by atoms with E-state index < -0.39 is 6.10 Å². The molecule has 0 bridgehead atoms. The molecule has 0 aliphatic carbocycles. The largest absolute Gasteiger partial charge is 0.393 e. The van der Waals surface area contributed by atoms with Gasteiger partial charge in [-0.1, -0.05) is 90.4 Å². The van der Waals surface area contributed by atoms with Gasteiger partial charge >= 0.3 is 0 Å². The molecule has 2 nitrogen and oxygen atoms in total. The van der Waals surface area contributed by atoms with Crippen LogP contribution in [0.3, 0.4) is 0 Å². The number of carbonyl (C=O) groups excluding carboxylic acids is 1. The number of aliphatic hydroxyl groups is 1. The smallest absolute Gasteiger partial charge is 0.201 e. The molecule has 20 heavy (non-hydrogen) atoms. The molecule has 0 fully saturated rings. The van der Waals surface area contributed by atoms with E-state index in [4.69, 9.17) is 0 Å². The van der Waals surface area contributed by atoms with Crippen molar-refractivity contribution in [2.45, 2.75) is 109 Å². The first-order valence-corrected chi connectivity index (χ1v) is 8.84. The van der Waals surface area contributed by atoms with Crippen LogP contribution in [0.4, 0.5) is 0 Å². The van der Waals surface area contributed by atoms with Gasteiger partial charge in [0.05, 0.1) is 6.10 Å². The lowest BCUT2D eigenvalue weighted by atomic mass is 10.0. The lowest BCUT2D eigenvalue weighted by molar-refractivity contribution is 0.167. The number of rotatable bonds is 16. The predicted molar refractivity (Wildman–Crippen MR) is 86.6 cm³/mol. The highest BCUT2D eigenvalue weighted by Crippen LogP contribution is 2.13. The molecule has 0 aliphatic rings. The Morgan fingerprint density at radius 3 is 1.55 bits per heavy atom. The van der Waals surface area contributed by atoms with Gasteiger partial charge in [0.15, 0.2) is 0 Å². The van der Waals surface area contributed by atoms with Gasteiger partial charge in [0.1, 0.15) is 0 Å².